The fourth-order valence-corrected chi connectivity index (χ4v) is 1.18. The van der Waals surface area contributed by atoms with Crippen molar-refractivity contribution in [1.29, 1.82) is 0 Å². The van der Waals surface area contributed by atoms with E-state index in [1.54, 1.807) is 6.92 Å². The molecular formula is C8H10N2O4. The second-order valence-corrected chi connectivity index (χ2v) is 2.98. The van der Waals surface area contributed by atoms with Crippen molar-refractivity contribution in [1.82, 2.24) is 4.90 Å². The Kier molecular flexibility index (Phi) is 2.66. The number of hydrogen-bond donors (Lipinski definition) is 2. The molecule has 1 aliphatic heterocycles. The summed E-state index contributed by atoms with van der Waals surface area (Å²) >= 11 is 0. The molecule has 0 unspecified atom stereocenters. The number of rotatable bonds is 2. The first kappa shape index (κ1) is 10.4. The monoisotopic (exact) mass is 198 g/mol. The maximum Gasteiger partial charge on any atom is 0.328 e. The number of β-lactam (4-membered cyclic amide) rings is 1. The van der Waals surface area contributed by atoms with Crippen LogP contribution < -0.4 is 5.73 Å². The molecule has 6 nitrogen and oxygen atoms in total. The number of amides is 2. The second-order valence-electron chi connectivity index (χ2n) is 2.98. The van der Waals surface area contributed by atoms with Crippen LogP contribution in [0.5, 0.6) is 0 Å². The van der Waals surface area contributed by atoms with Crippen LogP contribution in [-0.2, 0) is 14.4 Å². The predicted molar refractivity (Wildman–Crippen MR) is 46.1 cm³/mol. The average molecular weight is 198 g/mol. The molecule has 76 valence electrons. The van der Waals surface area contributed by atoms with Gasteiger partial charge in [-0.05, 0) is 6.92 Å². The van der Waals surface area contributed by atoms with Crippen LogP contribution in [0.3, 0.4) is 0 Å². The summed E-state index contributed by atoms with van der Waals surface area (Å²) in [6.45, 7) is 1.62. The van der Waals surface area contributed by atoms with Crippen LogP contribution >= 0.6 is 0 Å². The van der Waals surface area contributed by atoms with Crippen molar-refractivity contribution >= 4 is 17.8 Å². The van der Waals surface area contributed by atoms with Crippen LogP contribution in [0.15, 0.2) is 12.2 Å². The van der Waals surface area contributed by atoms with Gasteiger partial charge in [0.25, 0.3) is 5.91 Å². The third-order valence-corrected chi connectivity index (χ3v) is 2.06. The van der Waals surface area contributed by atoms with E-state index in [1.165, 1.54) is 0 Å². The van der Waals surface area contributed by atoms with Crippen molar-refractivity contribution in [2.24, 2.45) is 5.73 Å². The molecule has 1 heterocycles. The van der Waals surface area contributed by atoms with Crippen molar-refractivity contribution in [3.63, 3.8) is 0 Å². The van der Waals surface area contributed by atoms with Gasteiger partial charge in [0.05, 0.1) is 6.04 Å². The normalized spacial score (nSPS) is 26.4. The third-order valence-electron chi connectivity index (χ3n) is 2.06. The molecular weight excluding hydrogens is 188 g/mol. The van der Waals surface area contributed by atoms with Gasteiger partial charge in [-0.15, -0.1) is 0 Å². The summed E-state index contributed by atoms with van der Waals surface area (Å²) in [7, 11) is 0. The van der Waals surface area contributed by atoms with E-state index in [-0.39, 0.29) is 6.04 Å². The van der Waals surface area contributed by atoms with Crippen LogP contribution in [0.2, 0.25) is 0 Å². The molecule has 2 atom stereocenters. The quantitative estimate of drug-likeness (QED) is 0.424. The Bertz CT molecular complexity index is 323. The molecule has 1 saturated heterocycles. The molecule has 1 fully saturated rings. The topological polar surface area (TPSA) is 101 Å². The van der Waals surface area contributed by atoms with E-state index in [1.807, 2.05) is 0 Å². The van der Waals surface area contributed by atoms with Gasteiger partial charge in [-0.25, -0.2) is 4.79 Å². The lowest BCUT2D eigenvalue weighted by molar-refractivity contribution is -0.157. The molecule has 1 rings (SSSR count). The van der Waals surface area contributed by atoms with Crippen LogP contribution in [0.1, 0.15) is 6.92 Å². The fourth-order valence-electron chi connectivity index (χ4n) is 1.18. The lowest BCUT2D eigenvalue weighted by Gasteiger charge is -2.40. The van der Waals surface area contributed by atoms with Gasteiger partial charge in [0, 0.05) is 12.2 Å². The molecule has 14 heavy (non-hydrogen) atoms. The van der Waals surface area contributed by atoms with Crippen molar-refractivity contribution in [2.75, 3.05) is 0 Å². The van der Waals surface area contributed by atoms with E-state index < -0.39 is 23.8 Å². The highest BCUT2D eigenvalue weighted by Gasteiger charge is 2.44. The third kappa shape index (κ3) is 1.64. The predicted octanol–water partition coefficient (Wildman–Crippen LogP) is -1.29. The Hall–Kier alpha value is -1.69. The molecule has 0 aromatic carbocycles. The van der Waals surface area contributed by atoms with Gasteiger partial charge in [0.1, 0.15) is 6.04 Å². The SMILES string of the molecule is C[C@H]1[C@H](N)C(=O)N1C(=O)C=CC(=O)O. The number of carbonyl (C=O) groups excluding carboxylic acids is 2. The first-order chi connectivity index (χ1) is 6.45. The van der Waals surface area contributed by atoms with Crippen molar-refractivity contribution in [3.05, 3.63) is 12.2 Å². The number of likely N-dealkylation sites (tertiary alicyclic amines) is 1. The molecule has 3 N–H and O–H groups in total. The van der Waals surface area contributed by atoms with E-state index in [0.29, 0.717) is 6.08 Å². The van der Waals surface area contributed by atoms with Crippen LogP contribution in [0, 0.1) is 0 Å². The zero-order valence-corrected chi connectivity index (χ0v) is 7.51. The molecule has 0 saturated carbocycles. The zero-order valence-electron chi connectivity index (χ0n) is 7.51. The van der Waals surface area contributed by atoms with Crippen molar-refractivity contribution in [3.8, 4) is 0 Å². The highest BCUT2D eigenvalue weighted by atomic mass is 16.4. The zero-order chi connectivity index (χ0) is 10.9. The van der Waals surface area contributed by atoms with E-state index in [2.05, 4.69) is 0 Å². The minimum atomic E-state index is -1.23. The lowest BCUT2D eigenvalue weighted by atomic mass is 9.98. The van der Waals surface area contributed by atoms with E-state index in [4.69, 9.17) is 10.8 Å². The number of carboxylic acids is 1. The summed E-state index contributed by atoms with van der Waals surface area (Å²) in [5.74, 6) is -2.35. The number of carbonyl (C=O) groups is 3. The van der Waals surface area contributed by atoms with Crippen molar-refractivity contribution < 1.29 is 19.5 Å². The van der Waals surface area contributed by atoms with E-state index >= 15 is 0 Å². The molecule has 2 amide bonds. The molecule has 0 aromatic rings. The van der Waals surface area contributed by atoms with Gasteiger partial charge >= 0.3 is 5.97 Å². The van der Waals surface area contributed by atoms with Gasteiger partial charge < -0.3 is 10.8 Å². The van der Waals surface area contributed by atoms with Crippen LogP contribution in [0.25, 0.3) is 0 Å². The molecule has 0 aromatic heterocycles. The Balaban J connectivity index is 2.64. The number of imide groups is 1. The molecule has 0 aliphatic carbocycles. The molecule has 1 aliphatic rings. The van der Waals surface area contributed by atoms with Crippen LogP contribution in [-0.4, -0.2) is 39.9 Å². The number of hydrogen-bond acceptors (Lipinski definition) is 4. The molecule has 0 radical (unpaired) electrons. The van der Waals surface area contributed by atoms with Crippen LogP contribution in [0.4, 0.5) is 0 Å². The maximum atomic E-state index is 11.2. The number of aliphatic carboxylic acids is 1. The van der Waals surface area contributed by atoms with Gasteiger partial charge in [0.15, 0.2) is 0 Å². The number of carboxylic acid groups (broad SMARTS) is 1. The number of nitrogens with two attached hydrogens (primary N) is 1. The van der Waals surface area contributed by atoms with Gasteiger partial charge in [0.2, 0.25) is 5.91 Å². The Morgan fingerprint density at radius 2 is 2.07 bits per heavy atom. The minimum absolute atomic E-state index is 0.367. The van der Waals surface area contributed by atoms with Gasteiger partial charge in [-0.2, -0.15) is 0 Å². The maximum absolute atomic E-state index is 11.2. The van der Waals surface area contributed by atoms with Gasteiger partial charge in [-0.3, -0.25) is 14.5 Å². The highest BCUT2D eigenvalue weighted by Crippen LogP contribution is 2.17. The first-order valence-electron chi connectivity index (χ1n) is 3.98. The lowest BCUT2D eigenvalue weighted by Crippen LogP contribution is -2.68. The van der Waals surface area contributed by atoms with E-state index in [9.17, 15) is 14.4 Å². The summed E-state index contributed by atoms with van der Waals surface area (Å²) in [4.78, 5) is 33.3. The second kappa shape index (κ2) is 3.59. The van der Waals surface area contributed by atoms with Crippen molar-refractivity contribution in [2.45, 2.75) is 19.0 Å². The summed E-state index contributed by atoms with van der Waals surface area (Å²) < 4.78 is 0. The summed E-state index contributed by atoms with van der Waals surface area (Å²) in [5.41, 5.74) is 5.37. The Morgan fingerprint density at radius 3 is 2.50 bits per heavy atom. The molecule has 0 bridgehead atoms. The average Bonchev–Trinajstić information content (AvgIpc) is 2.14. The highest BCUT2D eigenvalue weighted by molar-refractivity contribution is 6.08. The summed E-state index contributed by atoms with van der Waals surface area (Å²) in [6, 6.07) is -1.02. The molecule has 0 spiro atoms. The molecule has 6 heteroatoms. The van der Waals surface area contributed by atoms with E-state index in [0.717, 1.165) is 11.0 Å². The Labute approximate surface area is 80.0 Å². The Morgan fingerprint density at radius 1 is 1.50 bits per heavy atom. The number of nitrogens with zero attached hydrogens (tertiary/aromatic N) is 1. The summed E-state index contributed by atoms with van der Waals surface area (Å²) in [5, 5.41) is 8.25. The first-order valence-corrected chi connectivity index (χ1v) is 3.98. The smallest absolute Gasteiger partial charge is 0.328 e. The largest absolute Gasteiger partial charge is 0.478 e. The van der Waals surface area contributed by atoms with Gasteiger partial charge in [-0.1, -0.05) is 0 Å². The fraction of sp³-hybridized carbons (Fsp3) is 0.375. The standard InChI is InChI=1S/C8H10N2O4/c1-4-7(9)8(14)10(4)5(11)2-3-6(12)13/h2-4,7H,9H2,1H3,(H,12,13)/t4-,7-/m0/s1. The minimum Gasteiger partial charge on any atom is -0.478 e. The summed E-state index contributed by atoms with van der Waals surface area (Å²) in [6.07, 6.45) is 1.52.